The van der Waals surface area contributed by atoms with Gasteiger partial charge in [-0.1, -0.05) is 0 Å². The minimum absolute atomic E-state index is 0.112. The number of carboxylic acids is 1. The number of nitrogens with two attached hydrogens (primary N) is 1. The summed E-state index contributed by atoms with van der Waals surface area (Å²) >= 11 is 0. The van der Waals surface area contributed by atoms with Crippen LogP contribution in [0.5, 0.6) is 0 Å². The molecule has 0 saturated heterocycles. The van der Waals surface area contributed by atoms with Crippen molar-refractivity contribution in [2.75, 3.05) is 5.32 Å². The highest BCUT2D eigenvalue weighted by atomic mass is 16.4. The molecule has 1 atom stereocenters. The van der Waals surface area contributed by atoms with E-state index in [1.165, 1.54) is 6.20 Å². The summed E-state index contributed by atoms with van der Waals surface area (Å²) in [6.07, 6.45) is 3.13. The van der Waals surface area contributed by atoms with Gasteiger partial charge in [0.25, 0.3) is 0 Å². The van der Waals surface area contributed by atoms with Crippen molar-refractivity contribution in [2.45, 2.75) is 25.8 Å². The minimum atomic E-state index is -0.967. The van der Waals surface area contributed by atoms with E-state index in [1.807, 2.05) is 6.92 Å². The number of carbonyl (C=O) groups excluding carboxylic acids is 1. The van der Waals surface area contributed by atoms with Crippen LogP contribution in [0, 0.1) is 6.92 Å². The molecule has 6 heteroatoms. The summed E-state index contributed by atoms with van der Waals surface area (Å²) in [5, 5.41) is 11.1. The summed E-state index contributed by atoms with van der Waals surface area (Å²) in [6, 6.07) is 0.934. The standard InChI is InChI=1S/C11H15N3O3/c1-7-4-5-13-6-9(7)14-11(17)8(12)2-3-10(15)16/h4-6,8H,2-3,12H2,1H3,(H,14,17)(H,15,16). The third-order valence-electron chi connectivity index (χ3n) is 2.30. The minimum Gasteiger partial charge on any atom is -0.481 e. The normalized spacial score (nSPS) is 11.9. The molecule has 0 bridgehead atoms. The largest absolute Gasteiger partial charge is 0.481 e. The van der Waals surface area contributed by atoms with Crippen LogP contribution < -0.4 is 11.1 Å². The molecular weight excluding hydrogens is 222 g/mol. The second-order valence-electron chi connectivity index (χ2n) is 3.72. The van der Waals surface area contributed by atoms with Crippen molar-refractivity contribution >= 4 is 17.6 Å². The van der Waals surface area contributed by atoms with Gasteiger partial charge in [-0.15, -0.1) is 0 Å². The number of nitrogens with zero attached hydrogens (tertiary/aromatic N) is 1. The van der Waals surface area contributed by atoms with Gasteiger partial charge in [0.2, 0.25) is 5.91 Å². The van der Waals surface area contributed by atoms with Crippen molar-refractivity contribution in [1.82, 2.24) is 4.98 Å². The van der Waals surface area contributed by atoms with Crippen molar-refractivity contribution in [3.8, 4) is 0 Å². The Balaban J connectivity index is 2.54. The van der Waals surface area contributed by atoms with Gasteiger partial charge in [-0.05, 0) is 25.0 Å². The fraction of sp³-hybridized carbons (Fsp3) is 0.364. The Morgan fingerprint density at radius 1 is 1.59 bits per heavy atom. The predicted molar refractivity (Wildman–Crippen MR) is 62.4 cm³/mol. The molecule has 0 radical (unpaired) electrons. The van der Waals surface area contributed by atoms with E-state index in [9.17, 15) is 9.59 Å². The van der Waals surface area contributed by atoms with Crippen LogP contribution in [0.2, 0.25) is 0 Å². The number of carbonyl (C=O) groups is 2. The Kier molecular flexibility index (Phi) is 4.59. The molecule has 92 valence electrons. The van der Waals surface area contributed by atoms with Crippen LogP contribution in [0.1, 0.15) is 18.4 Å². The average Bonchev–Trinajstić information content (AvgIpc) is 2.28. The molecule has 1 unspecified atom stereocenters. The van der Waals surface area contributed by atoms with E-state index in [0.29, 0.717) is 5.69 Å². The molecule has 1 amide bonds. The number of pyridine rings is 1. The molecule has 1 aromatic rings. The van der Waals surface area contributed by atoms with Gasteiger partial charge in [-0.2, -0.15) is 0 Å². The lowest BCUT2D eigenvalue weighted by Gasteiger charge is -2.12. The molecule has 1 aromatic heterocycles. The molecule has 17 heavy (non-hydrogen) atoms. The zero-order chi connectivity index (χ0) is 12.8. The van der Waals surface area contributed by atoms with Gasteiger partial charge in [0.05, 0.1) is 17.9 Å². The zero-order valence-corrected chi connectivity index (χ0v) is 9.51. The smallest absolute Gasteiger partial charge is 0.303 e. The van der Waals surface area contributed by atoms with Crippen molar-refractivity contribution in [3.05, 3.63) is 24.0 Å². The Bertz CT molecular complexity index is 420. The summed E-state index contributed by atoms with van der Waals surface area (Å²) in [5.74, 6) is -1.37. The number of nitrogens with one attached hydrogen (secondary N) is 1. The van der Waals surface area contributed by atoms with Crippen LogP contribution in [0.25, 0.3) is 0 Å². The average molecular weight is 237 g/mol. The van der Waals surface area contributed by atoms with E-state index in [2.05, 4.69) is 10.3 Å². The summed E-state index contributed by atoms with van der Waals surface area (Å²) in [6.45, 7) is 1.83. The fourth-order valence-electron chi connectivity index (χ4n) is 1.23. The maximum absolute atomic E-state index is 11.6. The molecule has 1 rings (SSSR count). The number of amides is 1. The molecule has 0 saturated carbocycles. The topological polar surface area (TPSA) is 105 Å². The molecule has 0 aliphatic rings. The number of hydrogen-bond donors (Lipinski definition) is 3. The monoisotopic (exact) mass is 237 g/mol. The highest BCUT2D eigenvalue weighted by Gasteiger charge is 2.15. The molecule has 0 aliphatic heterocycles. The quantitative estimate of drug-likeness (QED) is 0.692. The summed E-state index contributed by atoms with van der Waals surface area (Å²) < 4.78 is 0. The SMILES string of the molecule is Cc1ccncc1NC(=O)C(N)CCC(=O)O. The molecule has 6 nitrogen and oxygen atoms in total. The third kappa shape index (κ3) is 4.20. The van der Waals surface area contributed by atoms with Gasteiger partial charge in [-0.3, -0.25) is 14.6 Å². The fourth-order valence-corrected chi connectivity index (χ4v) is 1.23. The van der Waals surface area contributed by atoms with E-state index in [-0.39, 0.29) is 12.8 Å². The number of aromatic nitrogens is 1. The van der Waals surface area contributed by atoms with Crippen molar-refractivity contribution in [2.24, 2.45) is 5.73 Å². The molecular formula is C11H15N3O3. The van der Waals surface area contributed by atoms with Gasteiger partial charge < -0.3 is 16.2 Å². The Labute approximate surface area is 98.8 Å². The first-order valence-electron chi connectivity index (χ1n) is 5.19. The van der Waals surface area contributed by atoms with Crippen LogP contribution in [0.4, 0.5) is 5.69 Å². The lowest BCUT2D eigenvalue weighted by Crippen LogP contribution is -2.36. The number of aryl methyl sites for hydroxylation is 1. The van der Waals surface area contributed by atoms with E-state index in [1.54, 1.807) is 12.3 Å². The van der Waals surface area contributed by atoms with Gasteiger partial charge in [0, 0.05) is 12.6 Å². The second-order valence-corrected chi connectivity index (χ2v) is 3.72. The zero-order valence-electron chi connectivity index (χ0n) is 9.51. The number of carboxylic acid groups (broad SMARTS) is 1. The van der Waals surface area contributed by atoms with Crippen molar-refractivity contribution in [1.29, 1.82) is 0 Å². The van der Waals surface area contributed by atoms with E-state index >= 15 is 0 Å². The van der Waals surface area contributed by atoms with Crippen LogP contribution in [-0.4, -0.2) is 28.0 Å². The maximum Gasteiger partial charge on any atom is 0.303 e. The summed E-state index contributed by atoms with van der Waals surface area (Å²) in [7, 11) is 0. The van der Waals surface area contributed by atoms with Crippen LogP contribution in [0.3, 0.4) is 0 Å². The number of aliphatic carboxylic acids is 1. The lowest BCUT2D eigenvalue weighted by molar-refractivity contribution is -0.137. The molecule has 1 heterocycles. The van der Waals surface area contributed by atoms with Gasteiger partial charge in [0.1, 0.15) is 0 Å². The first-order valence-corrected chi connectivity index (χ1v) is 5.19. The van der Waals surface area contributed by atoms with Gasteiger partial charge in [0.15, 0.2) is 0 Å². The van der Waals surface area contributed by atoms with E-state index < -0.39 is 17.9 Å². The van der Waals surface area contributed by atoms with Crippen molar-refractivity contribution in [3.63, 3.8) is 0 Å². The molecule has 0 fully saturated rings. The lowest BCUT2D eigenvalue weighted by atomic mass is 10.1. The molecule has 0 aromatic carbocycles. The van der Waals surface area contributed by atoms with E-state index in [4.69, 9.17) is 10.8 Å². The first-order chi connectivity index (χ1) is 8.00. The van der Waals surface area contributed by atoms with Crippen LogP contribution in [-0.2, 0) is 9.59 Å². The van der Waals surface area contributed by atoms with E-state index in [0.717, 1.165) is 5.56 Å². The first kappa shape index (κ1) is 13.1. The maximum atomic E-state index is 11.6. The summed E-state index contributed by atoms with van der Waals surface area (Å²) in [5.41, 5.74) is 7.03. The van der Waals surface area contributed by atoms with Crippen molar-refractivity contribution < 1.29 is 14.7 Å². The van der Waals surface area contributed by atoms with Crippen LogP contribution >= 0.6 is 0 Å². The second kappa shape index (κ2) is 5.95. The Morgan fingerprint density at radius 2 is 2.29 bits per heavy atom. The van der Waals surface area contributed by atoms with Gasteiger partial charge in [-0.25, -0.2) is 0 Å². The Morgan fingerprint density at radius 3 is 2.88 bits per heavy atom. The van der Waals surface area contributed by atoms with Gasteiger partial charge >= 0.3 is 5.97 Å². The third-order valence-corrected chi connectivity index (χ3v) is 2.30. The predicted octanol–water partition coefficient (Wildman–Crippen LogP) is 0.521. The Hall–Kier alpha value is -1.95. The molecule has 0 aliphatic carbocycles. The molecule has 0 spiro atoms. The number of anilines is 1. The number of rotatable bonds is 5. The highest BCUT2D eigenvalue weighted by Crippen LogP contribution is 2.11. The number of hydrogen-bond acceptors (Lipinski definition) is 4. The highest BCUT2D eigenvalue weighted by molar-refractivity contribution is 5.95. The molecule has 4 N–H and O–H groups in total. The van der Waals surface area contributed by atoms with Crippen LogP contribution in [0.15, 0.2) is 18.5 Å². The summed E-state index contributed by atoms with van der Waals surface area (Å²) in [4.78, 5) is 25.8.